The number of aryl methyl sites for hydroxylation is 1. The summed E-state index contributed by atoms with van der Waals surface area (Å²) in [7, 11) is 0. The van der Waals surface area contributed by atoms with Crippen LogP contribution in [0.2, 0.25) is 0 Å². The molecule has 1 N–H and O–H groups in total. The first-order valence-electron chi connectivity index (χ1n) is 6.25. The highest BCUT2D eigenvalue weighted by atomic mass is 32.2. The molecule has 0 aliphatic heterocycles. The number of thioether (sulfide) groups is 1. The minimum Gasteiger partial charge on any atom is -0.465 e. The van der Waals surface area contributed by atoms with Crippen molar-refractivity contribution in [2.75, 3.05) is 18.9 Å². The first-order chi connectivity index (χ1) is 9.74. The van der Waals surface area contributed by atoms with E-state index in [1.54, 1.807) is 24.8 Å². The van der Waals surface area contributed by atoms with Crippen LogP contribution in [0.3, 0.4) is 0 Å². The molecule has 1 aromatic heterocycles. The molecule has 1 heterocycles. The molecule has 0 saturated carbocycles. The first-order valence-corrected chi connectivity index (χ1v) is 7.23. The fraction of sp³-hybridized carbons (Fsp3) is 0.286. The second-order valence-electron chi connectivity index (χ2n) is 4.08. The molecule has 1 aromatic carbocycles. The van der Waals surface area contributed by atoms with E-state index in [1.807, 2.05) is 30.3 Å². The van der Waals surface area contributed by atoms with Crippen molar-refractivity contribution in [2.45, 2.75) is 11.8 Å². The zero-order chi connectivity index (χ0) is 14.2. The molecule has 0 saturated heterocycles. The number of aromatic nitrogens is 1. The van der Waals surface area contributed by atoms with E-state index >= 15 is 0 Å². The number of rotatable bonds is 7. The van der Waals surface area contributed by atoms with Crippen molar-refractivity contribution in [2.24, 2.45) is 0 Å². The van der Waals surface area contributed by atoms with E-state index in [0.717, 1.165) is 5.75 Å². The van der Waals surface area contributed by atoms with Crippen molar-refractivity contribution in [3.63, 3.8) is 0 Å². The van der Waals surface area contributed by atoms with Gasteiger partial charge in [-0.05, 0) is 24.2 Å². The van der Waals surface area contributed by atoms with E-state index in [-0.39, 0.29) is 12.5 Å². The van der Waals surface area contributed by atoms with Crippen molar-refractivity contribution in [1.82, 2.24) is 10.5 Å². The molecule has 0 aliphatic carbocycles. The highest BCUT2D eigenvalue weighted by Gasteiger charge is 2.05. The molecule has 0 unspecified atom stereocenters. The molecular formula is C14H16N2O3S. The number of nitrogens with zero attached hydrogens (tertiary/aromatic N) is 1. The van der Waals surface area contributed by atoms with Gasteiger partial charge in [0, 0.05) is 23.3 Å². The Morgan fingerprint density at radius 1 is 1.40 bits per heavy atom. The molecule has 0 fully saturated rings. The van der Waals surface area contributed by atoms with Gasteiger partial charge in [0.2, 0.25) is 0 Å². The fourth-order valence-corrected chi connectivity index (χ4v) is 2.27. The molecule has 0 bridgehead atoms. The Bertz CT molecular complexity index is 542. The molecule has 106 valence electrons. The molecule has 5 nitrogen and oxygen atoms in total. The number of amides is 1. The number of hydrogen-bond donors (Lipinski definition) is 1. The SMILES string of the molecule is Cc1cc(OCC(=O)NCCSc2ccccc2)no1. The van der Waals surface area contributed by atoms with Gasteiger partial charge in [0.15, 0.2) is 6.61 Å². The Balaban J connectivity index is 1.58. The standard InChI is InChI=1S/C14H16N2O3S/c1-11-9-14(16-19-11)18-10-13(17)15-7-8-20-12-5-3-2-4-6-12/h2-6,9H,7-8,10H2,1H3,(H,15,17). The van der Waals surface area contributed by atoms with Crippen LogP contribution in [0, 0.1) is 6.92 Å². The van der Waals surface area contributed by atoms with Crippen molar-refractivity contribution in [3.05, 3.63) is 42.2 Å². The largest absolute Gasteiger partial charge is 0.465 e. The lowest BCUT2D eigenvalue weighted by molar-refractivity contribution is -0.123. The van der Waals surface area contributed by atoms with E-state index in [4.69, 9.17) is 9.26 Å². The lowest BCUT2D eigenvalue weighted by Crippen LogP contribution is -2.30. The number of benzene rings is 1. The summed E-state index contributed by atoms with van der Waals surface area (Å²) in [4.78, 5) is 12.7. The molecular weight excluding hydrogens is 276 g/mol. The van der Waals surface area contributed by atoms with Crippen LogP contribution in [0.4, 0.5) is 0 Å². The lowest BCUT2D eigenvalue weighted by atomic mass is 10.4. The lowest BCUT2D eigenvalue weighted by Gasteiger charge is -2.05. The third-order valence-electron chi connectivity index (χ3n) is 2.39. The van der Waals surface area contributed by atoms with Crippen LogP contribution in [0.25, 0.3) is 0 Å². The molecule has 2 aromatic rings. The average molecular weight is 292 g/mol. The molecule has 0 radical (unpaired) electrons. The molecule has 0 aliphatic rings. The minimum absolute atomic E-state index is 0.0536. The quantitative estimate of drug-likeness (QED) is 0.626. The summed E-state index contributed by atoms with van der Waals surface area (Å²) in [5.74, 6) is 1.63. The van der Waals surface area contributed by atoms with Crippen molar-refractivity contribution >= 4 is 17.7 Å². The molecule has 0 atom stereocenters. The predicted octanol–water partition coefficient (Wildman–Crippen LogP) is 2.27. The molecule has 20 heavy (non-hydrogen) atoms. The minimum atomic E-state index is -0.167. The van der Waals surface area contributed by atoms with Crippen LogP contribution in [-0.4, -0.2) is 30.0 Å². The Kier molecular flexibility index (Phi) is 5.49. The second-order valence-corrected chi connectivity index (χ2v) is 5.24. The third-order valence-corrected chi connectivity index (χ3v) is 3.41. The normalized spacial score (nSPS) is 10.2. The second kappa shape index (κ2) is 7.59. The maximum Gasteiger partial charge on any atom is 0.258 e. The maximum atomic E-state index is 11.5. The number of ether oxygens (including phenoxy) is 1. The highest BCUT2D eigenvalue weighted by molar-refractivity contribution is 7.99. The van der Waals surface area contributed by atoms with Crippen LogP contribution < -0.4 is 10.1 Å². The van der Waals surface area contributed by atoms with Crippen LogP contribution in [-0.2, 0) is 4.79 Å². The van der Waals surface area contributed by atoms with Gasteiger partial charge in [-0.2, -0.15) is 0 Å². The Labute approximate surface area is 121 Å². The first kappa shape index (κ1) is 14.5. The highest BCUT2D eigenvalue weighted by Crippen LogP contribution is 2.15. The molecule has 1 amide bonds. The van der Waals surface area contributed by atoms with Crippen LogP contribution in [0.1, 0.15) is 5.76 Å². The summed E-state index contributed by atoms with van der Waals surface area (Å²) in [5.41, 5.74) is 0. The van der Waals surface area contributed by atoms with Crippen molar-refractivity contribution in [3.8, 4) is 5.88 Å². The Hall–Kier alpha value is -1.95. The van der Waals surface area contributed by atoms with Gasteiger partial charge >= 0.3 is 0 Å². The summed E-state index contributed by atoms with van der Waals surface area (Å²) < 4.78 is 10.0. The molecule has 0 spiro atoms. The van der Waals surface area contributed by atoms with Crippen LogP contribution in [0.15, 0.2) is 45.8 Å². The maximum absolute atomic E-state index is 11.5. The molecule has 6 heteroatoms. The van der Waals surface area contributed by atoms with Gasteiger partial charge in [0.05, 0.1) is 0 Å². The monoisotopic (exact) mass is 292 g/mol. The average Bonchev–Trinajstić information content (AvgIpc) is 2.88. The predicted molar refractivity (Wildman–Crippen MR) is 76.9 cm³/mol. The van der Waals surface area contributed by atoms with E-state index < -0.39 is 0 Å². The summed E-state index contributed by atoms with van der Waals surface area (Å²) >= 11 is 1.70. The Morgan fingerprint density at radius 2 is 2.20 bits per heavy atom. The van der Waals surface area contributed by atoms with Gasteiger partial charge in [-0.25, -0.2) is 0 Å². The summed E-state index contributed by atoms with van der Waals surface area (Å²) in [5, 5.41) is 6.43. The van der Waals surface area contributed by atoms with Crippen LogP contribution >= 0.6 is 11.8 Å². The van der Waals surface area contributed by atoms with E-state index in [1.165, 1.54) is 4.90 Å². The zero-order valence-corrected chi connectivity index (χ0v) is 12.0. The van der Waals surface area contributed by atoms with E-state index in [2.05, 4.69) is 10.5 Å². The van der Waals surface area contributed by atoms with Gasteiger partial charge in [-0.1, -0.05) is 18.2 Å². The number of nitrogens with one attached hydrogen (secondary N) is 1. The topological polar surface area (TPSA) is 64.4 Å². The number of carbonyl (C=O) groups is 1. The summed E-state index contributed by atoms with van der Waals surface area (Å²) in [6.07, 6.45) is 0. The summed E-state index contributed by atoms with van der Waals surface area (Å²) in [6, 6.07) is 11.7. The Morgan fingerprint density at radius 3 is 2.90 bits per heavy atom. The van der Waals surface area contributed by atoms with E-state index in [0.29, 0.717) is 18.2 Å². The van der Waals surface area contributed by atoms with Crippen molar-refractivity contribution < 1.29 is 14.1 Å². The smallest absolute Gasteiger partial charge is 0.258 e. The van der Waals surface area contributed by atoms with Gasteiger partial charge in [0.25, 0.3) is 11.8 Å². The van der Waals surface area contributed by atoms with Crippen LogP contribution in [0.5, 0.6) is 5.88 Å². The number of carbonyl (C=O) groups excluding carboxylic acids is 1. The van der Waals surface area contributed by atoms with E-state index in [9.17, 15) is 4.79 Å². The summed E-state index contributed by atoms with van der Waals surface area (Å²) in [6.45, 7) is 2.31. The molecule has 2 rings (SSSR count). The zero-order valence-electron chi connectivity index (χ0n) is 11.2. The third kappa shape index (κ3) is 4.97. The van der Waals surface area contributed by atoms with Gasteiger partial charge in [-0.3, -0.25) is 4.79 Å². The van der Waals surface area contributed by atoms with Gasteiger partial charge in [0.1, 0.15) is 5.76 Å². The number of hydrogen-bond acceptors (Lipinski definition) is 5. The fourth-order valence-electron chi connectivity index (χ4n) is 1.48. The van der Waals surface area contributed by atoms with Gasteiger partial charge in [-0.15, -0.1) is 11.8 Å². The van der Waals surface area contributed by atoms with Crippen molar-refractivity contribution in [1.29, 1.82) is 0 Å². The van der Waals surface area contributed by atoms with Gasteiger partial charge < -0.3 is 14.6 Å².